The van der Waals surface area contributed by atoms with Crippen LogP contribution in [-0.2, 0) is 6.42 Å². The van der Waals surface area contributed by atoms with Gasteiger partial charge < -0.3 is 10.6 Å². The Balaban J connectivity index is 1.72. The first-order valence-corrected chi connectivity index (χ1v) is 10.9. The smallest absolute Gasteiger partial charge is 0.264 e. The van der Waals surface area contributed by atoms with Gasteiger partial charge in [-0.25, -0.2) is 9.97 Å². The van der Waals surface area contributed by atoms with Gasteiger partial charge in [0.1, 0.15) is 18.0 Å². The van der Waals surface area contributed by atoms with Gasteiger partial charge in [-0.15, -0.1) is 0 Å². The van der Waals surface area contributed by atoms with Gasteiger partial charge in [0, 0.05) is 16.6 Å². The van der Waals surface area contributed by atoms with Crippen LogP contribution in [0.3, 0.4) is 0 Å². The molecule has 1 aliphatic rings. The minimum Gasteiger partial charge on any atom is -0.362 e. The SMILES string of the molecule is C[C@H](Nc1ncnc2c1CC=CN2)c1c(Cl)c2cccc(Cl)c2c(=O)n1-c1ccccc1. The summed E-state index contributed by atoms with van der Waals surface area (Å²) in [5.74, 6) is 1.45. The van der Waals surface area contributed by atoms with Crippen molar-refractivity contribution in [3.8, 4) is 5.69 Å². The number of rotatable bonds is 4. The van der Waals surface area contributed by atoms with Crippen molar-refractivity contribution < 1.29 is 0 Å². The lowest BCUT2D eigenvalue weighted by atomic mass is 10.1. The number of aromatic nitrogens is 3. The van der Waals surface area contributed by atoms with Crippen LogP contribution >= 0.6 is 23.2 Å². The molecule has 0 spiro atoms. The number of pyridine rings is 1. The van der Waals surface area contributed by atoms with E-state index < -0.39 is 0 Å². The fourth-order valence-electron chi connectivity index (χ4n) is 4.04. The van der Waals surface area contributed by atoms with Crippen molar-refractivity contribution in [3.05, 3.63) is 98.8 Å². The first kappa shape index (κ1) is 20.5. The lowest BCUT2D eigenvalue weighted by Gasteiger charge is -2.24. The van der Waals surface area contributed by atoms with Crippen LogP contribution in [-0.4, -0.2) is 14.5 Å². The molecule has 8 heteroatoms. The van der Waals surface area contributed by atoms with E-state index >= 15 is 0 Å². The molecule has 4 aromatic rings. The maximum absolute atomic E-state index is 13.7. The van der Waals surface area contributed by atoms with Crippen molar-refractivity contribution >= 4 is 45.6 Å². The van der Waals surface area contributed by atoms with Gasteiger partial charge in [-0.2, -0.15) is 0 Å². The number of nitrogens with zero attached hydrogens (tertiary/aromatic N) is 3. The van der Waals surface area contributed by atoms with Gasteiger partial charge in [0.05, 0.1) is 27.2 Å². The minimum atomic E-state index is -0.344. The van der Waals surface area contributed by atoms with E-state index in [1.54, 1.807) is 16.7 Å². The molecule has 3 heterocycles. The van der Waals surface area contributed by atoms with E-state index in [2.05, 4.69) is 20.6 Å². The monoisotopic (exact) mass is 463 g/mol. The number of anilines is 2. The molecule has 5 rings (SSSR count). The number of halogens is 2. The van der Waals surface area contributed by atoms with Crippen LogP contribution in [0, 0.1) is 0 Å². The van der Waals surface area contributed by atoms with Gasteiger partial charge in [0.25, 0.3) is 5.56 Å². The highest BCUT2D eigenvalue weighted by Crippen LogP contribution is 2.35. The molecule has 0 saturated carbocycles. The number of nitrogens with one attached hydrogen (secondary N) is 2. The third kappa shape index (κ3) is 3.42. The molecule has 1 atom stereocenters. The van der Waals surface area contributed by atoms with Crippen LogP contribution in [0.15, 0.2) is 71.9 Å². The fourth-order valence-corrected chi connectivity index (χ4v) is 4.70. The summed E-state index contributed by atoms with van der Waals surface area (Å²) in [6, 6.07) is 14.4. The Morgan fingerprint density at radius 2 is 1.91 bits per heavy atom. The second kappa shape index (κ2) is 8.30. The van der Waals surface area contributed by atoms with Crippen LogP contribution in [0.25, 0.3) is 16.5 Å². The summed E-state index contributed by atoms with van der Waals surface area (Å²) >= 11 is 13.3. The van der Waals surface area contributed by atoms with Crippen LogP contribution in [0.2, 0.25) is 10.0 Å². The summed E-state index contributed by atoms with van der Waals surface area (Å²) in [5.41, 5.74) is 2.07. The quantitative estimate of drug-likeness (QED) is 0.403. The van der Waals surface area contributed by atoms with E-state index in [4.69, 9.17) is 23.2 Å². The molecule has 0 unspecified atom stereocenters. The highest BCUT2D eigenvalue weighted by atomic mass is 35.5. The molecular formula is C24H19Cl2N5O. The predicted molar refractivity (Wildman–Crippen MR) is 130 cm³/mol. The third-order valence-corrected chi connectivity index (χ3v) is 6.23. The number of hydrogen-bond donors (Lipinski definition) is 2. The van der Waals surface area contributed by atoms with E-state index in [1.807, 2.05) is 55.6 Å². The van der Waals surface area contributed by atoms with Crippen molar-refractivity contribution in [1.82, 2.24) is 14.5 Å². The van der Waals surface area contributed by atoms with E-state index in [1.165, 1.54) is 6.33 Å². The first-order valence-electron chi connectivity index (χ1n) is 10.2. The van der Waals surface area contributed by atoms with Gasteiger partial charge in [0.2, 0.25) is 0 Å². The fraction of sp³-hybridized carbons (Fsp3) is 0.125. The standard InChI is InChI=1S/C24H19Cl2N5O/c1-14(30-23-17-10-6-12-27-22(17)28-13-29-23)21-20(26)16-9-5-11-18(25)19(16)24(32)31(21)15-7-3-2-4-8-15/h2-9,11-14H,10H2,1H3,(H2,27,28,29,30)/t14-/m0/s1. The molecule has 0 fully saturated rings. The van der Waals surface area contributed by atoms with E-state index in [-0.39, 0.29) is 11.6 Å². The maximum atomic E-state index is 13.7. The topological polar surface area (TPSA) is 71.8 Å². The molecule has 0 aliphatic carbocycles. The van der Waals surface area contributed by atoms with Gasteiger partial charge in [-0.3, -0.25) is 9.36 Å². The highest BCUT2D eigenvalue weighted by molar-refractivity contribution is 6.40. The zero-order valence-corrected chi connectivity index (χ0v) is 18.7. The minimum absolute atomic E-state index is 0.223. The Morgan fingerprint density at radius 1 is 1.09 bits per heavy atom. The zero-order chi connectivity index (χ0) is 22.2. The third-order valence-electron chi connectivity index (χ3n) is 5.52. The molecule has 0 bridgehead atoms. The van der Waals surface area contributed by atoms with Gasteiger partial charge in [-0.1, -0.05) is 59.6 Å². The van der Waals surface area contributed by atoms with Crippen molar-refractivity contribution in [2.24, 2.45) is 0 Å². The number of hydrogen-bond acceptors (Lipinski definition) is 5. The Hall–Kier alpha value is -3.35. The molecule has 1 aliphatic heterocycles. The molecular weight excluding hydrogens is 445 g/mol. The molecule has 6 nitrogen and oxygen atoms in total. The molecule has 160 valence electrons. The van der Waals surface area contributed by atoms with Gasteiger partial charge >= 0.3 is 0 Å². The van der Waals surface area contributed by atoms with Crippen LogP contribution in [0.1, 0.15) is 24.2 Å². The summed E-state index contributed by atoms with van der Waals surface area (Å²) in [6.45, 7) is 1.96. The van der Waals surface area contributed by atoms with Gasteiger partial charge in [0.15, 0.2) is 0 Å². The van der Waals surface area contributed by atoms with E-state index in [0.29, 0.717) is 44.4 Å². The molecule has 0 saturated heterocycles. The average molecular weight is 464 g/mol. The number of para-hydroxylation sites is 1. The van der Waals surface area contributed by atoms with Crippen LogP contribution in [0.5, 0.6) is 0 Å². The van der Waals surface area contributed by atoms with Crippen molar-refractivity contribution in [2.45, 2.75) is 19.4 Å². The molecule has 2 aromatic heterocycles. The molecule has 0 radical (unpaired) electrons. The Labute approximate surface area is 194 Å². The summed E-state index contributed by atoms with van der Waals surface area (Å²) in [5, 5.41) is 8.43. The van der Waals surface area contributed by atoms with Crippen molar-refractivity contribution in [3.63, 3.8) is 0 Å². The van der Waals surface area contributed by atoms with Crippen LogP contribution in [0.4, 0.5) is 11.6 Å². The first-order chi connectivity index (χ1) is 15.6. The van der Waals surface area contributed by atoms with E-state index in [0.717, 1.165) is 11.4 Å². The van der Waals surface area contributed by atoms with Crippen LogP contribution < -0.4 is 16.2 Å². The summed E-state index contributed by atoms with van der Waals surface area (Å²) < 4.78 is 1.63. The number of allylic oxidation sites excluding steroid dienone is 1. The summed E-state index contributed by atoms with van der Waals surface area (Å²) in [7, 11) is 0. The molecule has 32 heavy (non-hydrogen) atoms. The lowest BCUT2D eigenvalue weighted by molar-refractivity contribution is 0.771. The number of fused-ring (bicyclic) bond motifs is 2. The van der Waals surface area contributed by atoms with Crippen molar-refractivity contribution in [2.75, 3.05) is 10.6 Å². The Bertz CT molecular complexity index is 1420. The Morgan fingerprint density at radius 3 is 2.72 bits per heavy atom. The summed E-state index contributed by atoms with van der Waals surface area (Å²) in [6.07, 6.45) is 6.07. The molecule has 2 aromatic carbocycles. The summed E-state index contributed by atoms with van der Waals surface area (Å²) in [4.78, 5) is 22.4. The Kier molecular flexibility index (Phi) is 5.33. The lowest BCUT2D eigenvalue weighted by Crippen LogP contribution is -2.27. The maximum Gasteiger partial charge on any atom is 0.264 e. The number of benzene rings is 2. The molecule has 0 amide bonds. The second-order valence-electron chi connectivity index (χ2n) is 7.50. The second-order valence-corrected chi connectivity index (χ2v) is 8.29. The zero-order valence-electron chi connectivity index (χ0n) is 17.1. The largest absolute Gasteiger partial charge is 0.362 e. The highest BCUT2D eigenvalue weighted by Gasteiger charge is 2.24. The van der Waals surface area contributed by atoms with Crippen molar-refractivity contribution in [1.29, 1.82) is 0 Å². The molecule has 2 N–H and O–H groups in total. The average Bonchev–Trinajstić information content (AvgIpc) is 2.82. The van der Waals surface area contributed by atoms with Gasteiger partial charge in [-0.05, 0) is 37.7 Å². The predicted octanol–water partition coefficient (Wildman–Crippen LogP) is 5.74. The normalized spacial score (nSPS) is 13.5. The van der Waals surface area contributed by atoms with E-state index in [9.17, 15) is 4.79 Å².